The highest BCUT2D eigenvalue weighted by molar-refractivity contribution is 6.26. The Morgan fingerprint density at radius 1 is 0.205 bits per heavy atom. The standard InChI is InChI=1S/C78H48N10/c1-6-24-49(25-7-1)73-79-74(50-26-8-2-9-27-50)83-78(82-73)88-67-43-23-39-56(70(67)61-45-44-60-57-36-16-20-41-65(57)86(71(60)72(61)88)55-34-14-5-15-35-55)52-30-22-31-53(46-52)76-80-75(51-28-10-3-11-29-51)81-77(84-76)87-66-42-21-18-38-59(66)63-47-68-62(48-69(63)87)58-37-17-19-40-64(58)85(68)54-32-12-4-13-33-54/h1-48H. The van der Waals surface area contributed by atoms with Crippen molar-refractivity contribution in [1.82, 2.24) is 48.2 Å². The fourth-order valence-corrected chi connectivity index (χ4v) is 13.4. The summed E-state index contributed by atoms with van der Waals surface area (Å²) in [6.07, 6.45) is 0. The van der Waals surface area contributed by atoms with Crippen LogP contribution in [0.25, 0.3) is 167 Å². The topological polar surface area (TPSA) is 97.1 Å². The van der Waals surface area contributed by atoms with Crippen molar-refractivity contribution in [3.05, 3.63) is 291 Å². The predicted molar refractivity (Wildman–Crippen MR) is 358 cm³/mol. The van der Waals surface area contributed by atoms with E-state index in [1.165, 1.54) is 5.39 Å². The molecule has 18 aromatic rings. The Balaban J connectivity index is 0.885. The number of fused-ring (bicyclic) bond motifs is 13. The molecule has 0 N–H and O–H groups in total. The van der Waals surface area contributed by atoms with Crippen molar-refractivity contribution >= 4 is 87.2 Å². The zero-order valence-corrected chi connectivity index (χ0v) is 47.2. The van der Waals surface area contributed by atoms with Crippen LogP contribution in [0, 0.1) is 0 Å². The van der Waals surface area contributed by atoms with E-state index in [0.717, 1.165) is 127 Å². The molecule has 88 heavy (non-hydrogen) atoms. The van der Waals surface area contributed by atoms with Crippen LogP contribution in [0.4, 0.5) is 0 Å². The molecule has 0 atom stereocenters. The van der Waals surface area contributed by atoms with Gasteiger partial charge in [0.05, 0.1) is 44.1 Å². The molecule has 18 rings (SSSR count). The van der Waals surface area contributed by atoms with Gasteiger partial charge in [0.15, 0.2) is 23.3 Å². The van der Waals surface area contributed by atoms with Crippen molar-refractivity contribution in [3.63, 3.8) is 0 Å². The maximum Gasteiger partial charge on any atom is 0.238 e. The monoisotopic (exact) mass is 1120 g/mol. The summed E-state index contributed by atoms with van der Waals surface area (Å²) >= 11 is 0. The average molecular weight is 1130 g/mol. The Morgan fingerprint density at radius 2 is 0.580 bits per heavy atom. The van der Waals surface area contributed by atoms with Crippen molar-refractivity contribution in [1.29, 1.82) is 0 Å². The van der Waals surface area contributed by atoms with Crippen LogP contribution in [0.5, 0.6) is 0 Å². The molecule has 0 saturated carbocycles. The lowest BCUT2D eigenvalue weighted by atomic mass is 9.97. The molecular formula is C78H48N10. The molecule has 410 valence electrons. The highest BCUT2D eigenvalue weighted by Gasteiger charge is 2.27. The second-order valence-electron chi connectivity index (χ2n) is 22.3. The largest absolute Gasteiger partial charge is 0.309 e. The van der Waals surface area contributed by atoms with E-state index in [2.05, 4.69) is 255 Å². The number of nitrogens with zero attached hydrogens (tertiary/aromatic N) is 10. The second-order valence-corrected chi connectivity index (χ2v) is 22.3. The number of hydrogen-bond donors (Lipinski definition) is 0. The van der Waals surface area contributed by atoms with E-state index in [-0.39, 0.29) is 0 Å². The molecule has 0 spiro atoms. The van der Waals surface area contributed by atoms with Gasteiger partial charge in [-0.2, -0.15) is 19.9 Å². The van der Waals surface area contributed by atoms with Crippen LogP contribution in [-0.4, -0.2) is 48.2 Å². The lowest BCUT2D eigenvalue weighted by Gasteiger charge is -2.13. The molecule has 0 fully saturated rings. The van der Waals surface area contributed by atoms with Crippen LogP contribution >= 0.6 is 0 Å². The molecule has 0 saturated heterocycles. The van der Waals surface area contributed by atoms with Gasteiger partial charge in [-0.1, -0.05) is 224 Å². The van der Waals surface area contributed by atoms with E-state index < -0.39 is 0 Å². The van der Waals surface area contributed by atoms with Gasteiger partial charge in [-0.3, -0.25) is 9.13 Å². The number of para-hydroxylation sites is 5. The smallest absolute Gasteiger partial charge is 0.238 e. The van der Waals surface area contributed by atoms with Crippen LogP contribution in [0.15, 0.2) is 291 Å². The quantitative estimate of drug-likeness (QED) is 0.143. The molecule has 0 aliphatic carbocycles. The van der Waals surface area contributed by atoms with Gasteiger partial charge in [0.2, 0.25) is 11.9 Å². The summed E-state index contributed by atoms with van der Waals surface area (Å²) in [4.78, 5) is 32.3. The van der Waals surface area contributed by atoms with Gasteiger partial charge in [0.25, 0.3) is 0 Å². The first kappa shape index (κ1) is 49.3. The van der Waals surface area contributed by atoms with Gasteiger partial charge < -0.3 is 9.13 Å². The van der Waals surface area contributed by atoms with Gasteiger partial charge >= 0.3 is 0 Å². The third kappa shape index (κ3) is 7.69. The van der Waals surface area contributed by atoms with E-state index in [0.29, 0.717) is 35.2 Å². The molecule has 10 nitrogen and oxygen atoms in total. The molecule has 0 bridgehead atoms. The van der Waals surface area contributed by atoms with Crippen LogP contribution in [0.2, 0.25) is 0 Å². The van der Waals surface area contributed by atoms with Crippen LogP contribution in [0.3, 0.4) is 0 Å². The van der Waals surface area contributed by atoms with Crippen molar-refractivity contribution in [2.24, 2.45) is 0 Å². The minimum Gasteiger partial charge on any atom is -0.309 e. The molecule has 0 amide bonds. The van der Waals surface area contributed by atoms with E-state index in [1.54, 1.807) is 0 Å². The van der Waals surface area contributed by atoms with E-state index in [1.807, 2.05) is 54.6 Å². The Morgan fingerprint density at radius 3 is 1.14 bits per heavy atom. The van der Waals surface area contributed by atoms with Crippen molar-refractivity contribution in [2.75, 3.05) is 0 Å². The molecular weight excluding hydrogens is 1080 g/mol. The summed E-state index contributed by atoms with van der Waals surface area (Å²) in [5, 5.41) is 8.88. The molecule has 0 radical (unpaired) electrons. The minimum atomic E-state index is 0.509. The molecule has 0 unspecified atom stereocenters. The predicted octanol–water partition coefficient (Wildman–Crippen LogP) is 18.8. The van der Waals surface area contributed by atoms with Crippen LogP contribution in [-0.2, 0) is 0 Å². The Kier molecular flexibility index (Phi) is 11.1. The first-order valence-corrected chi connectivity index (χ1v) is 29.5. The summed E-state index contributed by atoms with van der Waals surface area (Å²) in [7, 11) is 0. The average Bonchev–Trinajstić information content (AvgIpc) is 1.59. The van der Waals surface area contributed by atoms with Gasteiger partial charge in [0, 0.05) is 76.7 Å². The van der Waals surface area contributed by atoms with Crippen molar-refractivity contribution in [2.45, 2.75) is 0 Å². The summed E-state index contributed by atoms with van der Waals surface area (Å²) in [5.74, 6) is 3.32. The minimum absolute atomic E-state index is 0.509. The summed E-state index contributed by atoms with van der Waals surface area (Å²) in [5.41, 5.74) is 16.0. The Bertz CT molecular complexity index is 5730. The fourth-order valence-electron chi connectivity index (χ4n) is 13.4. The Labute approximate surface area is 503 Å². The molecule has 6 heterocycles. The molecule has 10 heteroatoms. The number of aromatic nitrogens is 10. The van der Waals surface area contributed by atoms with Gasteiger partial charge in [-0.05, 0) is 77.9 Å². The maximum atomic E-state index is 5.52. The summed E-state index contributed by atoms with van der Waals surface area (Å²) < 4.78 is 9.25. The first-order valence-electron chi connectivity index (χ1n) is 29.5. The summed E-state index contributed by atoms with van der Waals surface area (Å²) in [6, 6.07) is 102. The molecule has 0 aliphatic rings. The maximum absolute atomic E-state index is 5.52. The lowest BCUT2D eigenvalue weighted by molar-refractivity contribution is 0.953. The van der Waals surface area contributed by atoms with Crippen LogP contribution < -0.4 is 0 Å². The van der Waals surface area contributed by atoms with E-state index in [4.69, 9.17) is 29.9 Å². The Hall–Kier alpha value is -12.1. The first-order chi connectivity index (χ1) is 43.7. The molecule has 12 aromatic carbocycles. The zero-order chi connectivity index (χ0) is 57.8. The van der Waals surface area contributed by atoms with E-state index in [9.17, 15) is 0 Å². The van der Waals surface area contributed by atoms with E-state index >= 15 is 0 Å². The fraction of sp³-hybridized carbons (Fsp3) is 0. The second kappa shape index (κ2) is 19.7. The highest BCUT2D eigenvalue weighted by Crippen LogP contribution is 2.46. The van der Waals surface area contributed by atoms with Crippen LogP contribution in [0.1, 0.15) is 0 Å². The number of rotatable bonds is 9. The molecule has 6 aromatic heterocycles. The summed E-state index contributed by atoms with van der Waals surface area (Å²) in [6.45, 7) is 0. The third-order valence-corrected chi connectivity index (χ3v) is 17.3. The number of hydrogen-bond acceptors (Lipinski definition) is 6. The number of benzene rings is 12. The van der Waals surface area contributed by atoms with Gasteiger partial charge in [0.1, 0.15) is 0 Å². The third-order valence-electron chi connectivity index (χ3n) is 17.3. The van der Waals surface area contributed by atoms with Gasteiger partial charge in [-0.25, -0.2) is 9.97 Å². The lowest BCUT2D eigenvalue weighted by Crippen LogP contribution is -2.07. The van der Waals surface area contributed by atoms with Gasteiger partial charge in [-0.15, -0.1) is 0 Å². The highest BCUT2D eigenvalue weighted by atomic mass is 15.2. The molecule has 0 aliphatic heterocycles. The SMILES string of the molecule is c1ccc(-c2nc(-c3cccc(-c4cccc5c4c4ccc6c7ccccc7n(-c7ccccc7)c6c4n5-c4nc(-c5ccccc5)nc(-c5ccccc5)n4)c3)nc(-n3c4ccccc4c4cc5c(cc43)c3ccccc3n5-c3ccccc3)n2)cc1. The normalized spacial score (nSPS) is 11.9. The van der Waals surface area contributed by atoms with Crippen molar-refractivity contribution < 1.29 is 0 Å². The zero-order valence-electron chi connectivity index (χ0n) is 47.2. The van der Waals surface area contributed by atoms with Crippen molar-refractivity contribution in [3.8, 4) is 79.9 Å².